The van der Waals surface area contributed by atoms with Crippen LogP contribution in [0.25, 0.3) is 5.69 Å². The number of carbonyl (C=O) groups is 2. The molecule has 3 aromatic rings. The molecule has 1 aromatic heterocycles. The molecule has 12 heteroatoms. The van der Waals surface area contributed by atoms with E-state index in [4.69, 9.17) is 5.73 Å². The zero-order valence-corrected chi connectivity index (χ0v) is 22.6. The van der Waals surface area contributed by atoms with E-state index in [2.05, 4.69) is 4.98 Å². The van der Waals surface area contributed by atoms with Gasteiger partial charge in [-0.05, 0) is 30.5 Å². The fourth-order valence-electron chi connectivity index (χ4n) is 5.08. The quantitative estimate of drug-likeness (QED) is 0.306. The van der Waals surface area contributed by atoms with Crippen LogP contribution in [-0.4, -0.2) is 87.3 Å². The van der Waals surface area contributed by atoms with Crippen molar-refractivity contribution in [2.24, 2.45) is 11.7 Å². The summed E-state index contributed by atoms with van der Waals surface area (Å²) in [6, 6.07) is 18.0. The summed E-state index contributed by atoms with van der Waals surface area (Å²) >= 11 is 0. The van der Waals surface area contributed by atoms with E-state index in [0.717, 1.165) is 16.9 Å². The highest BCUT2D eigenvalue weighted by atomic mass is 19.4. The molecule has 3 atom stereocenters. The summed E-state index contributed by atoms with van der Waals surface area (Å²) < 4.78 is 40.5. The van der Waals surface area contributed by atoms with Gasteiger partial charge in [-0.25, -0.2) is 4.98 Å². The number of imidazole rings is 1. The SMILES string of the molecule is NC(=O)C(Cc1ccccc1)CC(O)CN1CCN(Cc2cn(-c3ccccc3)cn2)C[C@H]1C(=O)NCC(F)(F)F. The summed E-state index contributed by atoms with van der Waals surface area (Å²) in [5.41, 5.74) is 8.20. The molecule has 2 aromatic carbocycles. The van der Waals surface area contributed by atoms with E-state index in [1.54, 1.807) is 11.2 Å². The Balaban J connectivity index is 1.41. The lowest BCUT2D eigenvalue weighted by atomic mass is 9.92. The van der Waals surface area contributed by atoms with Gasteiger partial charge >= 0.3 is 6.18 Å². The Bertz CT molecular complexity index is 1270. The number of benzene rings is 2. The molecule has 0 aliphatic carbocycles. The number of amides is 2. The topological polar surface area (TPSA) is 117 Å². The molecule has 1 fully saturated rings. The van der Waals surface area contributed by atoms with Gasteiger partial charge in [0.25, 0.3) is 0 Å². The first kappa shape index (κ1) is 30.2. The minimum Gasteiger partial charge on any atom is -0.392 e. The van der Waals surface area contributed by atoms with E-state index in [-0.39, 0.29) is 19.5 Å². The number of aliphatic hydroxyl groups excluding tert-OH is 1. The number of nitrogens with two attached hydrogens (primary N) is 1. The predicted octanol–water partition coefficient (Wildman–Crippen LogP) is 2.13. The molecular formula is C29H35F3N6O3. The van der Waals surface area contributed by atoms with Crippen molar-refractivity contribution >= 4 is 11.8 Å². The van der Waals surface area contributed by atoms with Crippen LogP contribution in [0.15, 0.2) is 73.2 Å². The fraction of sp³-hybridized carbons (Fsp3) is 0.414. The largest absolute Gasteiger partial charge is 0.405 e. The zero-order valence-electron chi connectivity index (χ0n) is 22.6. The summed E-state index contributed by atoms with van der Waals surface area (Å²) in [4.78, 5) is 33.1. The van der Waals surface area contributed by atoms with E-state index in [1.807, 2.05) is 81.6 Å². The smallest absolute Gasteiger partial charge is 0.392 e. The summed E-state index contributed by atoms with van der Waals surface area (Å²) in [7, 11) is 0. The van der Waals surface area contributed by atoms with Crippen molar-refractivity contribution < 1.29 is 27.9 Å². The first-order valence-electron chi connectivity index (χ1n) is 13.5. The van der Waals surface area contributed by atoms with Gasteiger partial charge < -0.3 is 20.7 Å². The van der Waals surface area contributed by atoms with Crippen molar-refractivity contribution in [3.63, 3.8) is 0 Å². The van der Waals surface area contributed by atoms with Gasteiger partial charge in [0.15, 0.2) is 0 Å². The van der Waals surface area contributed by atoms with Crippen LogP contribution < -0.4 is 11.1 Å². The van der Waals surface area contributed by atoms with Crippen LogP contribution in [0, 0.1) is 5.92 Å². The number of piperazine rings is 1. The Hall–Kier alpha value is -3.74. The molecule has 41 heavy (non-hydrogen) atoms. The van der Waals surface area contributed by atoms with Gasteiger partial charge in [-0.1, -0.05) is 48.5 Å². The maximum Gasteiger partial charge on any atom is 0.405 e. The standard InChI is InChI=1S/C29H35F3N6O3/c30-29(31,32)19-34-28(41)26-18-36(15-23-16-38(20-35-23)24-9-5-2-6-10-24)11-12-37(26)17-25(39)14-22(27(33)40)13-21-7-3-1-4-8-21/h1-10,16,20,22,25-26,39H,11-15,17-19H2,(H2,33,40)(H,34,41)/t22?,25?,26-/m0/s1. The fourth-order valence-corrected chi connectivity index (χ4v) is 5.08. The number of rotatable bonds is 12. The molecule has 9 nitrogen and oxygen atoms in total. The summed E-state index contributed by atoms with van der Waals surface area (Å²) in [6.07, 6.45) is -1.58. The lowest BCUT2D eigenvalue weighted by molar-refractivity contribution is -0.143. The molecule has 4 N–H and O–H groups in total. The van der Waals surface area contributed by atoms with E-state index >= 15 is 0 Å². The highest BCUT2D eigenvalue weighted by Crippen LogP contribution is 2.20. The maximum atomic E-state index is 12.9. The molecule has 1 aliphatic rings. The van der Waals surface area contributed by atoms with E-state index in [0.29, 0.717) is 26.1 Å². The third kappa shape index (κ3) is 9.13. The van der Waals surface area contributed by atoms with Crippen molar-refractivity contribution in [3.05, 3.63) is 84.4 Å². The Morgan fingerprint density at radius 2 is 1.76 bits per heavy atom. The van der Waals surface area contributed by atoms with Gasteiger partial charge in [-0.15, -0.1) is 0 Å². The monoisotopic (exact) mass is 572 g/mol. The number of aliphatic hydroxyl groups is 1. The molecule has 0 bridgehead atoms. The van der Waals surface area contributed by atoms with Gasteiger partial charge in [-0.3, -0.25) is 19.4 Å². The van der Waals surface area contributed by atoms with Crippen molar-refractivity contribution in [2.45, 2.75) is 37.7 Å². The number of aromatic nitrogens is 2. The highest BCUT2D eigenvalue weighted by molar-refractivity contribution is 5.82. The number of nitrogens with one attached hydrogen (secondary N) is 1. The minimum atomic E-state index is -4.55. The highest BCUT2D eigenvalue weighted by Gasteiger charge is 2.36. The van der Waals surface area contributed by atoms with Crippen molar-refractivity contribution in [1.82, 2.24) is 24.7 Å². The second-order valence-electron chi connectivity index (χ2n) is 10.4. The average molecular weight is 573 g/mol. The molecule has 2 unspecified atom stereocenters. The van der Waals surface area contributed by atoms with E-state index in [9.17, 15) is 27.9 Å². The van der Waals surface area contributed by atoms with Crippen LogP contribution in [0.3, 0.4) is 0 Å². The number of nitrogens with zero attached hydrogens (tertiary/aromatic N) is 4. The van der Waals surface area contributed by atoms with Crippen LogP contribution >= 0.6 is 0 Å². The van der Waals surface area contributed by atoms with Gasteiger partial charge in [-0.2, -0.15) is 13.2 Å². The first-order chi connectivity index (χ1) is 19.6. The number of carbonyl (C=O) groups excluding carboxylic acids is 2. The Morgan fingerprint density at radius 3 is 2.41 bits per heavy atom. The third-order valence-electron chi connectivity index (χ3n) is 7.15. The molecule has 1 aliphatic heterocycles. The van der Waals surface area contributed by atoms with Crippen molar-refractivity contribution in [1.29, 1.82) is 0 Å². The first-order valence-corrected chi connectivity index (χ1v) is 13.5. The number of primary amides is 1. The van der Waals surface area contributed by atoms with Gasteiger partial charge in [0.05, 0.1) is 18.1 Å². The Labute approximate surface area is 236 Å². The van der Waals surface area contributed by atoms with E-state index < -0.39 is 42.6 Å². The molecule has 0 spiro atoms. The lowest BCUT2D eigenvalue weighted by Gasteiger charge is -2.41. The maximum absolute atomic E-state index is 12.9. The summed E-state index contributed by atoms with van der Waals surface area (Å²) in [5.74, 6) is -1.96. The average Bonchev–Trinajstić information content (AvgIpc) is 3.41. The molecule has 0 radical (unpaired) electrons. The van der Waals surface area contributed by atoms with Gasteiger partial charge in [0, 0.05) is 50.5 Å². The van der Waals surface area contributed by atoms with Crippen LogP contribution in [0.2, 0.25) is 0 Å². The second kappa shape index (κ2) is 13.7. The van der Waals surface area contributed by atoms with Gasteiger partial charge in [0.2, 0.25) is 11.8 Å². The van der Waals surface area contributed by atoms with Crippen molar-refractivity contribution in [2.75, 3.05) is 32.7 Å². The van der Waals surface area contributed by atoms with Crippen LogP contribution in [-0.2, 0) is 22.6 Å². The molecule has 220 valence electrons. The number of hydrogen-bond acceptors (Lipinski definition) is 6. The number of β-amino-alcohol motifs (C(OH)–C–C–N with tert-alkyl or cyclic N) is 1. The molecule has 0 saturated carbocycles. The van der Waals surface area contributed by atoms with Crippen LogP contribution in [0.1, 0.15) is 17.7 Å². The molecule has 2 amide bonds. The van der Waals surface area contributed by atoms with E-state index in [1.165, 1.54) is 0 Å². The van der Waals surface area contributed by atoms with Crippen LogP contribution in [0.4, 0.5) is 13.2 Å². The van der Waals surface area contributed by atoms with Crippen molar-refractivity contribution in [3.8, 4) is 5.69 Å². The Morgan fingerprint density at radius 1 is 1.07 bits per heavy atom. The number of alkyl halides is 3. The van der Waals surface area contributed by atoms with Crippen LogP contribution in [0.5, 0.6) is 0 Å². The number of halogens is 3. The number of para-hydroxylation sites is 1. The Kier molecular flexibility index (Phi) is 10.1. The zero-order chi connectivity index (χ0) is 29.4. The van der Waals surface area contributed by atoms with Gasteiger partial charge in [0.1, 0.15) is 12.6 Å². The number of hydrogen-bond donors (Lipinski definition) is 3. The third-order valence-corrected chi connectivity index (χ3v) is 7.15. The molecule has 4 rings (SSSR count). The second-order valence-corrected chi connectivity index (χ2v) is 10.4. The molecule has 2 heterocycles. The predicted molar refractivity (Wildman–Crippen MR) is 147 cm³/mol. The lowest BCUT2D eigenvalue weighted by Crippen LogP contribution is -2.60. The summed E-state index contributed by atoms with van der Waals surface area (Å²) in [5, 5.41) is 12.9. The molecule has 1 saturated heterocycles. The molecular weight excluding hydrogens is 537 g/mol. The normalized spacial score (nSPS) is 18.1. The minimum absolute atomic E-state index is 0.0130. The summed E-state index contributed by atoms with van der Waals surface area (Å²) in [6.45, 7) is -0.0319.